The number of carbonyl (C=O) groups is 1. The van der Waals surface area contributed by atoms with Gasteiger partial charge in [-0.25, -0.2) is 4.79 Å². The van der Waals surface area contributed by atoms with E-state index in [-0.39, 0.29) is 0 Å². The highest BCUT2D eigenvalue weighted by Gasteiger charge is 2.16. The lowest BCUT2D eigenvalue weighted by Crippen LogP contribution is -2.27. The van der Waals surface area contributed by atoms with E-state index in [2.05, 4.69) is 15.6 Å². The summed E-state index contributed by atoms with van der Waals surface area (Å²) in [5, 5.41) is 5.80. The zero-order valence-electron chi connectivity index (χ0n) is 10.7. The number of rotatable bonds is 3. The van der Waals surface area contributed by atoms with Crippen molar-refractivity contribution >= 4 is 17.5 Å². The van der Waals surface area contributed by atoms with Crippen molar-refractivity contribution in [3.05, 3.63) is 18.5 Å². The largest absolute Gasteiger partial charge is 0.444 e. The predicted octanol–water partition coefficient (Wildman–Crippen LogP) is 2.86. The second kappa shape index (κ2) is 5.52. The Hall–Kier alpha value is -1.78. The fourth-order valence-electron chi connectivity index (χ4n) is 1.25. The van der Waals surface area contributed by atoms with Gasteiger partial charge in [0.05, 0.1) is 17.6 Å². The van der Waals surface area contributed by atoms with Crippen LogP contribution < -0.4 is 10.6 Å². The highest BCUT2D eigenvalue weighted by Crippen LogP contribution is 2.20. The highest BCUT2D eigenvalue weighted by molar-refractivity contribution is 5.89. The van der Waals surface area contributed by atoms with Gasteiger partial charge in [-0.15, -0.1) is 0 Å². The summed E-state index contributed by atoms with van der Waals surface area (Å²) in [4.78, 5) is 15.6. The molecule has 2 N–H and O–H groups in total. The van der Waals surface area contributed by atoms with Crippen molar-refractivity contribution in [1.29, 1.82) is 0 Å². The van der Waals surface area contributed by atoms with E-state index in [0.717, 1.165) is 12.2 Å². The van der Waals surface area contributed by atoms with Gasteiger partial charge in [0.2, 0.25) is 0 Å². The summed E-state index contributed by atoms with van der Waals surface area (Å²) in [7, 11) is 0. The molecule has 0 saturated heterocycles. The Morgan fingerprint density at radius 2 is 2.12 bits per heavy atom. The third-order valence-electron chi connectivity index (χ3n) is 1.82. The molecule has 0 radical (unpaired) electrons. The van der Waals surface area contributed by atoms with Gasteiger partial charge in [0.25, 0.3) is 0 Å². The molecule has 94 valence electrons. The standard InChI is InChI=1S/C12H19N3O2/c1-5-14-10-8-13-7-6-9(10)15-11(16)17-12(2,3)4/h6-8,14H,5H2,1-4H3,(H,13,15,16). The average Bonchev–Trinajstić information content (AvgIpc) is 2.18. The third-order valence-corrected chi connectivity index (χ3v) is 1.82. The van der Waals surface area contributed by atoms with E-state index < -0.39 is 11.7 Å². The number of hydrogen-bond donors (Lipinski definition) is 2. The molecule has 0 saturated carbocycles. The van der Waals surface area contributed by atoms with Crippen molar-refractivity contribution in [3.8, 4) is 0 Å². The second-order valence-electron chi connectivity index (χ2n) is 4.58. The van der Waals surface area contributed by atoms with Gasteiger partial charge >= 0.3 is 6.09 Å². The first-order valence-corrected chi connectivity index (χ1v) is 5.60. The normalized spacial score (nSPS) is 10.8. The van der Waals surface area contributed by atoms with Gasteiger partial charge in [-0.05, 0) is 33.8 Å². The van der Waals surface area contributed by atoms with Crippen LogP contribution in [-0.2, 0) is 4.74 Å². The number of hydrogen-bond acceptors (Lipinski definition) is 4. The Kier molecular flexibility index (Phi) is 4.31. The smallest absolute Gasteiger partial charge is 0.412 e. The minimum absolute atomic E-state index is 0.470. The van der Waals surface area contributed by atoms with Gasteiger partial charge in [-0.3, -0.25) is 10.3 Å². The lowest BCUT2D eigenvalue weighted by Gasteiger charge is -2.20. The van der Waals surface area contributed by atoms with Gasteiger partial charge in [-0.2, -0.15) is 0 Å². The first-order chi connectivity index (χ1) is 7.92. The van der Waals surface area contributed by atoms with E-state index in [9.17, 15) is 4.79 Å². The average molecular weight is 237 g/mol. The van der Waals surface area contributed by atoms with Gasteiger partial charge < -0.3 is 10.1 Å². The van der Waals surface area contributed by atoms with Crippen molar-refractivity contribution < 1.29 is 9.53 Å². The second-order valence-corrected chi connectivity index (χ2v) is 4.58. The lowest BCUT2D eigenvalue weighted by atomic mass is 10.2. The molecule has 5 nitrogen and oxygen atoms in total. The van der Waals surface area contributed by atoms with Crippen molar-refractivity contribution in [2.45, 2.75) is 33.3 Å². The number of pyridine rings is 1. The molecule has 0 aliphatic carbocycles. The maximum Gasteiger partial charge on any atom is 0.412 e. The lowest BCUT2D eigenvalue weighted by molar-refractivity contribution is 0.0636. The molecule has 0 aliphatic rings. The van der Waals surface area contributed by atoms with Crippen LogP contribution in [0.1, 0.15) is 27.7 Å². The van der Waals surface area contributed by atoms with E-state index in [1.54, 1.807) is 18.5 Å². The Bertz CT molecular complexity index is 386. The molecule has 1 aromatic heterocycles. The third kappa shape index (κ3) is 4.72. The number of aromatic nitrogens is 1. The van der Waals surface area contributed by atoms with Crippen LogP contribution in [0.3, 0.4) is 0 Å². The summed E-state index contributed by atoms with van der Waals surface area (Å²) in [6.07, 6.45) is 2.81. The summed E-state index contributed by atoms with van der Waals surface area (Å²) in [6.45, 7) is 8.21. The molecule has 1 rings (SSSR count). The van der Waals surface area contributed by atoms with Crippen LogP contribution in [0.5, 0.6) is 0 Å². The minimum atomic E-state index is -0.505. The molecule has 17 heavy (non-hydrogen) atoms. The zero-order valence-corrected chi connectivity index (χ0v) is 10.7. The van der Waals surface area contributed by atoms with Crippen LogP contribution >= 0.6 is 0 Å². The quantitative estimate of drug-likeness (QED) is 0.848. The van der Waals surface area contributed by atoms with E-state index in [4.69, 9.17) is 4.74 Å². The van der Waals surface area contributed by atoms with Crippen molar-refractivity contribution in [2.24, 2.45) is 0 Å². The fourth-order valence-corrected chi connectivity index (χ4v) is 1.25. The summed E-state index contributed by atoms with van der Waals surface area (Å²) in [6, 6.07) is 1.72. The molecule has 1 heterocycles. The van der Waals surface area contributed by atoms with Crippen LogP contribution in [-0.4, -0.2) is 23.2 Å². The molecular weight excluding hydrogens is 218 g/mol. The number of nitrogens with zero attached hydrogens (tertiary/aromatic N) is 1. The molecule has 0 aromatic carbocycles. The van der Waals surface area contributed by atoms with Crippen LogP contribution in [0, 0.1) is 0 Å². The maximum absolute atomic E-state index is 11.6. The number of anilines is 2. The summed E-state index contributed by atoms with van der Waals surface area (Å²) in [5.41, 5.74) is 0.937. The minimum Gasteiger partial charge on any atom is -0.444 e. The maximum atomic E-state index is 11.6. The Balaban J connectivity index is 2.71. The molecule has 0 spiro atoms. The first kappa shape index (κ1) is 13.3. The van der Waals surface area contributed by atoms with Gasteiger partial charge in [0.15, 0.2) is 0 Å². The first-order valence-electron chi connectivity index (χ1n) is 5.60. The molecule has 0 bridgehead atoms. The zero-order chi connectivity index (χ0) is 12.9. The molecule has 0 unspecified atom stereocenters. The van der Waals surface area contributed by atoms with Crippen LogP contribution in [0.2, 0.25) is 0 Å². The SMILES string of the molecule is CCNc1cnccc1NC(=O)OC(C)(C)C. The van der Waals surface area contributed by atoms with Crippen LogP contribution in [0.4, 0.5) is 16.2 Å². The Morgan fingerprint density at radius 3 is 2.71 bits per heavy atom. The van der Waals surface area contributed by atoms with E-state index in [1.165, 1.54) is 0 Å². The summed E-state index contributed by atoms with van der Waals surface area (Å²) >= 11 is 0. The summed E-state index contributed by atoms with van der Waals surface area (Å²) in [5.74, 6) is 0. The molecule has 1 amide bonds. The molecule has 5 heteroatoms. The van der Waals surface area contributed by atoms with Crippen molar-refractivity contribution in [2.75, 3.05) is 17.2 Å². The van der Waals surface area contributed by atoms with E-state index >= 15 is 0 Å². The van der Waals surface area contributed by atoms with Crippen molar-refractivity contribution in [3.63, 3.8) is 0 Å². The number of amides is 1. The highest BCUT2D eigenvalue weighted by atomic mass is 16.6. The molecule has 0 aliphatic heterocycles. The molecule has 0 atom stereocenters. The van der Waals surface area contributed by atoms with Gasteiger partial charge in [0.1, 0.15) is 5.60 Å². The Morgan fingerprint density at radius 1 is 1.41 bits per heavy atom. The number of ether oxygens (including phenoxy) is 1. The number of carbonyl (C=O) groups excluding carboxylic acids is 1. The Labute approximate surface area is 102 Å². The topological polar surface area (TPSA) is 63.2 Å². The van der Waals surface area contributed by atoms with Crippen LogP contribution in [0.25, 0.3) is 0 Å². The summed E-state index contributed by atoms with van der Waals surface area (Å²) < 4.78 is 5.18. The molecular formula is C12H19N3O2. The molecule has 1 aromatic rings. The molecule has 0 fully saturated rings. The van der Waals surface area contributed by atoms with Gasteiger partial charge in [0, 0.05) is 12.7 Å². The predicted molar refractivity (Wildman–Crippen MR) is 68.3 cm³/mol. The number of nitrogens with one attached hydrogen (secondary N) is 2. The van der Waals surface area contributed by atoms with Gasteiger partial charge in [-0.1, -0.05) is 0 Å². The fraction of sp³-hybridized carbons (Fsp3) is 0.500. The monoisotopic (exact) mass is 237 g/mol. The van der Waals surface area contributed by atoms with Crippen molar-refractivity contribution in [1.82, 2.24) is 4.98 Å². The van der Waals surface area contributed by atoms with E-state index in [1.807, 2.05) is 27.7 Å². The van der Waals surface area contributed by atoms with E-state index in [0.29, 0.717) is 5.69 Å². The van der Waals surface area contributed by atoms with Crippen LogP contribution in [0.15, 0.2) is 18.5 Å².